The summed E-state index contributed by atoms with van der Waals surface area (Å²) < 4.78 is 1.52. The maximum absolute atomic E-state index is 12.2. The Bertz CT molecular complexity index is 627. The number of nitriles is 1. The van der Waals surface area contributed by atoms with Crippen LogP contribution in [-0.4, -0.2) is 15.6 Å². The van der Waals surface area contributed by atoms with E-state index >= 15 is 0 Å². The zero-order valence-electron chi connectivity index (χ0n) is 9.67. The van der Waals surface area contributed by atoms with E-state index in [9.17, 15) is 10.1 Å². The highest BCUT2D eigenvalue weighted by molar-refractivity contribution is 6.31. The maximum Gasteiger partial charge on any atom is 0.187 e. The van der Waals surface area contributed by atoms with Crippen LogP contribution < -0.4 is 0 Å². The number of benzene rings is 1. The molecule has 0 saturated heterocycles. The quantitative estimate of drug-likeness (QED) is 0.796. The third-order valence-electron chi connectivity index (χ3n) is 2.60. The van der Waals surface area contributed by atoms with Crippen LogP contribution in [0.3, 0.4) is 0 Å². The molecule has 0 N–H and O–H groups in total. The van der Waals surface area contributed by atoms with Gasteiger partial charge in [0.25, 0.3) is 0 Å². The Hall–Kier alpha value is -2.12. The highest BCUT2D eigenvalue weighted by atomic mass is 35.5. The Morgan fingerprint density at radius 3 is 2.78 bits per heavy atom. The number of rotatable bonds is 3. The van der Waals surface area contributed by atoms with Gasteiger partial charge in [0.2, 0.25) is 0 Å². The first-order chi connectivity index (χ1) is 8.63. The molecule has 1 heterocycles. The van der Waals surface area contributed by atoms with Gasteiger partial charge in [-0.15, -0.1) is 0 Å². The second kappa shape index (κ2) is 5.03. The van der Waals surface area contributed by atoms with Crippen molar-refractivity contribution in [1.82, 2.24) is 9.78 Å². The van der Waals surface area contributed by atoms with E-state index in [-0.39, 0.29) is 5.78 Å². The molecule has 0 aliphatic carbocycles. The summed E-state index contributed by atoms with van der Waals surface area (Å²) >= 11 is 6.01. The van der Waals surface area contributed by atoms with Gasteiger partial charge >= 0.3 is 0 Å². The van der Waals surface area contributed by atoms with Gasteiger partial charge in [-0.25, -0.2) is 0 Å². The lowest BCUT2D eigenvalue weighted by Crippen LogP contribution is -2.11. The smallest absolute Gasteiger partial charge is 0.187 e. The van der Waals surface area contributed by atoms with E-state index in [4.69, 9.17) is 11.6 Å². The van der Waals surface area contributed by atoms with E-state index in [0.29, 0.717) is 16.1 Å². The zero-order chi connectivity index (χ0) is 13.1. The first kappa shape index (κ1) is 12.3. The zero-order valence-corrected chi connectivity index (χ0v) is 10.4. The molecule has 1 atom stereocenters. The van der Waals surface area contributed by atoms with Crippen molar-refractivity contribution in [3.8, 4) is 6.07 Å². The number of hydrogen-bond donors (Lipinski definition) is 0. The fourth-order valence-corrected chi connectivity index (χ4v) is 1.94. The molecule has 4 nitrogen and oxygen atoms in total. The van der Waals surface area contributed by atoms with E-state index in [0.717, 1.165) is 0 Å². The summed E-state index contributed by atoms with van der Waals surface area (Å²) in [6, 6.07) is 8.86. The molecule has 1 unspecified atom stereocenters. The molecule has 1 aromatic carbocycles. The standard InChI is InChI=1S/C13H10ClN3O/c1-17-8-9(7-16-17)13(18)11(6-15)10-4-2-3-5-12(10)14/h2-5,7-8,11H,1H3. The summed E-state index contributed by atoms with van der Waals surface area (Å²) in [4.78, 5) is 12.2. The molecular formula is C13H10ClN3O. The normalized spacial score (nSPS) is 11.8. The van der Waals surface area contributed by atoms with Crippen molar-refractivity contribution in [2.45, 2.75) is 5.92 Å². The molecule has 0 saturated carbocycles. The maximum atomic E-state index is 12.2. The molecule has 0 aliphatic heterocycles. The van der Waals surface area contributed by atoms with Crippen LogP contribution in [0.25, 0.3) is 0 Å². The number of ketones is 1. The lowest BCUT2D eigenvalue weighted by Gasteiger charge is -2.08. The molecule has 18 heavy (non-hydrogen) atoms. The largest absolute Gasteiger partial charge is 0.292 e. The fourth-order valence-electron chi connectivity index (χ4n) is 1.69. The Morgan fingerprint density at radius 1 is 1.50 bits per heavy atom. The average molecular weight is 260 g/mol. The summed E-state index contributed by atoms with van der Waals surface area (Å²) in [6.07, 6.45) is 3.03. The molecule has 0 aliphatic rings. The number of halogens is 1. The van der Waals surface area contributed by atoms with Crippen molar-refractivity contribution < 1.29 is 4.79 Å². The van der Waals surface area contributed by atoms with Gasteiger partial charge in [-0.3, -0.25) is 9.48 Å². The molecule has 0 fully saturated rings. The molecule has 5 heteroatoms. The number of aryl methyl sites for hydroxylation is 1. The highest BCUT2D eigenvalue weighted by Gasteiger charge is 2.24. The molecule has 0 radical (unpaired) electrons. The average Bonchev–Trinajstić information content (AvgIpc) is 2.79. The van der Waals surface area contributed by atoms with Crippen LogP contribution in [-0.2, 0) is 7.05 Å². The van der Waals surface area contributed by atoms with Gasteiger partial charge < -0.3 is 0 Å². The number of Topliss-reactive ketones (excluding diaryl/α,β-unsaturated/α-hetero) is 1. The first-order valence-electron chi connectivity index (χ1n) is 5.30. The van der Waals surface area contributed by atoms with Crippen molar-refractivity contribution in [3.05, 3.63) is 52.8 Å². The van der Waals surface area contributed by atoms with E-state index < -0.39 is 5.92 Å². The summed E-state index contributed by atoms with van der Waals surface area (Å²) in [5.41, 5.74) is 0.930. The molecule has 90 valence electrons. The number of hydrogen-bond acceptors (Lipinski definition) is 3. The number of nitrogens with zero attached hydrogens (tertiary/aromatic N) is 3. The Balaban J connectivity index is 2.39. The third kappa shape index (κ3) is 2.27. The predicted molar refractivity (Wildman–Crippen MR) is 67.3 cm³/mol. The minimum atomic E-state index is -0.900. The highest BCUT2D eigenvalue weighted by Crippen LogP contribution is 2.26. The summed E-state index contributed by atoms with van der Waals surface area (Å²) in [6.45, 7) is 0. The predicted octanol–water partition coefficient (Wildman–Crippen LogP) is 2.56. The van der Waals surface area contributed by atoms with E-state index in [1.54, 1.807) is 37.5 Å². The summed E-state index contributed by atoms with van der Waals surface area (Å²) in [7, 11) is 1.72. The lowest BCUT2D eigenvalue weighted by molar-refractivity contribution is 0.0979. The minimum absolute atomic E-state index is 0.293. The Kier molecular flexibility index (Phi) is 3.45. The van der Waals surface area contributed by atoms with Crippen LogP contribution in [0.1, 0.15) is 21.8 Å². The third-order valence-corrected chi connectivity index (χ3v) is 2.94. The van der Waals surface area contributed by atoms with Gasteiger partial charge in [-0.05, 0) is 11.6 Å². The molecular weight excluding hydrogens is 250 g/mol. The SMILES string of the molecule is Cn1cc(C(=O)C(C#N)c2ccccc2Cl)cn1. The Morgan fingerprint density at radius 2 is 2.22 bits per heavy atom. The van der Waals surface area contributed by atoms with Gasteiger partial charge in [-0.2, -0.15) is 10.4 Å². The number of carbonyl (C=O) groups excluding carboxylic acids is 1. The van der Waals surface area contributed by atoms with Gasteiger partial charge in [0.05, 0.1) is 17.8 Å². The number of aromatic nitrogens is 2. The van der Waals surface area contributed by atoms with Crippen LogP contribution in [0.2, 0.25) is 5.02 Å². The van der Waals surface area contributed by atoms with Crippen LogP contribution in [0.5, 0.6) is 0 Å². The van der Waals surface area contributed by atoms with Crippen LogP contribution in [0, 0.1) is 11.3 Å². The van der Waals surface area contributed by atoms with E-state index in [1.807, 2.05) is 6.07 Å². The van der Waals surface area contributed by atoms with Crippen LogP contribution >= 0.6 is 11.6 Å². The van der Waals surface area contributed by atoms with Gasteiger partial charge in [-0.1, -0.05) is 29.8 Å². The van der Waals surface area contributed by atoms with Gasteiger partial charge in [0.1, 0.15) is 5.92 Å². The topological polar surface area (TPSA) is 58.7 Å². The van der Waals surface area contributed by atoms with E-state index in [1.165, 1.54) is 10.9 Å². The first-order valence-corrected chi connectivity index (χ1v) is 5.68. The molecule has 0 bridgehead atoms. The van der Waals surface area contributed by atoms with Crippen molar-refractivity contribution >= 4 is 17.4 Å². The molecule has 2 aromatic rings. The Labute approximate surface area is 109 Å². The minimum Gasteiger partial charge on any atom is -0.292 e. The van der Waals surface area contributed by atoms with Crippen LogP contribution in [0.4, 0.5) is 0 Å². The summed E-state index contributed by atoms with van der Waals surface area (Å²) in [5.74, 6) is -1.19. The number of carbonyl (C=O) groups is 1. The van der Waals surface area contributed by atoms with Crippen molar-refractivity contribution in [3.63, 3.8) is 0 Å². The lowest BCUT2D eigenvalue weighted by atomic mass is 9.93. The van der Waals surface area contributed by atoms with Crippen molar-refractivity contribution in [2.24, 2.45) is 7.05 Å². The molecule has 0 spiro atoms. The van der Waals surface area contributed by atoms with Crippen molar-refractivity contribution in [1.29, 1.82) is 5.26 Å². The molecule has 2 rings (SSSR count). The second-order valence-electron chi connectivity index (χ2n) is 3.85. The van der Waals surface area contributed by atoms with Gasteiger partial charge in [0.15, 0.2) is 5.78 Å². The fraction of sp³-hybridized carbons (Fsp3) is 0.154. The monoisotopic (exact) mass is 259 g/mol. The second-order valence-corrected chi connectivity index (χ2v) is 4.26. The van der Waals surface area contributed by atoms with Crippen molar-refractivity contribution in [2.75, 3.05) is 0 Å². The van der Waals surface area contributed by atoms with Gasteiger partial charge in [0, 0.05) is 18.3 Å². The summed E-state index contributed by atoms with van der Waals surface area (Å²) in [5, 5.41) is 13.5. The van der Waals surface area contributed by atoms with E-state index in [2.05, 4.69) is 5.10 Å². The molecule has 1 aromatic heterocycles. The van der Waals surface area contributed by atoms with Crippen LogP contribution in [0.15, 0.2) is 36.7 Å². The molecule has 0 amide bonds.